The fourth-order valence-electron chi connectivity index (χ4n) is 3.82. The molecule has 1 unspecified atom stereocenters. The van der Waals surface area contributed by atoms with Crippen molar-refractivity contribution < 1.29 is 36.8 Å². The molecule has 2 N–H and O–H groups in total. The van der Waals surface area contributed by atoms with Crippen molar-refractivity contribution in [2.45, 2.75) is 24.8 Å². The molecular formula is C22H29N5O8S. The lowest BCUT2D eigenvalue weighted by Gasteiger charge is -2.39. The summed E-state index contributed by atoms with van der Waals surface area (Å²) in [5.74, 6) is -0.963. The number of aromatic nitrogens is 1. The SMILES string of the molecule is COCCNC(=O)C1CN(C(=O)Nc2ccc(C(=O)OC)cc2)CCN1S(=O)(=O)c1c(C)noc1C. The number of sulfonamides is 1. The number of methoxy groups -OCH3 is 2. The molecule has 1 aromatic carbocycles. The van der Waals surface area contributed by atoms with Gasteiger partial charge in [-0.05, 0) is 38.1 Å². The van der Waals surface area contributed by atoms with Crippen LogP contribution < -0.4 is 10.6 Å². The lowest BCUT2D eigenvalue weighted by Crippen LogP contribution is -2.62. The molecule has 1 saturated heterocycles. The lowest BCUT2D eigenvalue weighted by molar-refractivity contribution is -0.126. The number of nitrogens with one attached hydrogen (secondary N) is 2. The minimum atomic E-state index is -4.15. The minimum Gasteiger partial charge on any atom is -0.465 e. The van der Waals surface area contributed by atoms with Crippen LogP contribution in [0.25, 0.3) is 0 Å². The molecule has 13 nitrogen and oxygen atoms in total. The molecule has 14 heteroatoms. The molecule has 0 bridgehead atoms. The van der Waals surface area contributed by atoms with E-state index in [1.54, 1.807) is 0 Å². The van der Waals surface area contributed by atoms with Gasteiger partial charge in [-0.3, -0.25) is 4.79 Å². The summed E-state index contributed by atoms with van der Waals surface area (Å²) in [6.45, 7) is 3.13. The number of ether oxygens (including phenoxy) is 2. The van der Waals surface area contributed by atoms with Crippen LogP contribution in [0, 0.1) is 13.8 Å². The number of rotatable bonds is 8. The van der Waals surface area contributed by atoms with E-state index in [1.165, 1.54) is 57.2 Å². The fraction of sp³-hybridized carbons (Fsp3) is 0.455. The van der Waals surface area contributed by atoms with Gasteiger partial charge in [0.15, 0.2) is 5.76 Å². The van der Waals surface area contributed by atoms with Crippen molar-refractivity contribution >= 4 is 33.6 Å². The monoisotopic (exact) mass is 523 g/mol. The van der Waals surface area contributed by atoms with Crippen LogP contribution in [0.5, 0.6) is 0 Å². The van der Waals surface area contributed by atoms with Crippen LogP contribution >= 0.6 is 0 Å². The number of benzene rings is 1. The van der Waals surface area contributed by atoms with Gasteiger partial charge in [0.05, 0.1) is 19.3 Å². The maximum atomic E-state index is 13.5. The Morgan fingerprint density at radius 1 is 1.14 bits per heavy atom. The first kappa shape index (κ1) is 27.1. The Labute approximate surface area is 208 Å². The summed E-state index contributed by atoms with van der Waals surface area (Å²) < 4.78 is 42.7. The highest BCUT2D eigenvalue weighted by molar-refractivity contribution is 7.89. The highest BCUT2D eigenvalue weighted by Crippen LogP contribution is 2.27. The summed E-state index contributed by atoms with van der Waals surface area (Å²) in [6, 6.07) is 4.37. The second-order valence-corrected chi connectivity index (χ2v) is 9.84. The van der Waals surface area contributed by atoms with Crippen LogP contribution in [0.1, 0.15) is 21.8 Å². The molecule has 0 aliphatic carbocycles. The second-order valence-electron chi connectivity index (χ2n) is 8.01. The summed E-state index contributed by atoms with van der Waals surface area (Å²) in [5, 5.41) is 9.07. The molecule has 1 aliphatic heterocycles. The van der Waals surface area contributed by atoms with Crippen molar-refractivity contribution in [1.82, 2.24) is 19.7 Å². The molecule has 1 aliphatic rings. The molecule has 1 fully saturated rings. The predicted molar refractivity (Wildman–Crippen MR) is 127 cm³/mol. The molecule has 196 valence electrons. The summed E-state index contributed by atoms with van der Waals surface area (Å²) in [4.78, 5) is 38.8. The van der Waals surface area contributed by atoms with E-state index >= 15 is 0 Å². The van der Waals surface area contributed by atoms with E-state index in [9.17, 15) is 22.8 Å². The average molecular weight is 524 g/mol. The van der Waals surface area contributed by atoms with E-state index in [0.717, 1.165) is 4.31 Å². The van der Waals surface area contributed by atoms with Crippen molar-refractivity contribution in [2.24, 2.45) is 0 Å². The number of hydrogen-bond acceptors (Lipinski definition) is 9. The van der Waals surface area contributed by atoms with Gasteiger partial charge in [0.2, 0.25) is 15.9 Å². The van der Waals surface area contributed by atoms with Crippen LogP contribution in [0.15, 0.2) is 33.7 Å². The Bertz CT molecular complexity index is 1190. The van der Waals surface area contributed by atoms with Crippen molar-refractivity contribution in [3.63, 3.8) is 0 Å². The Balaban J connectivity index is 1.80. The van der Waals surface area contributed by atoms with Crippen molar-refractivity contribution in [2.75, 3.05) is 52.3 Å². The maximum Gasteiger partial charge on any atom is 0.337 e. The topological polar surface area (TPSA) is 160 Å². The van der Waals surface area contributed by atoms with Gasteiger partial charge in [-0.15, -0.1) is 0 Å². The molecule has 3 amide bonds. The standard InChI is InChI=1S/C22H29N5O8S/c1-14-19(15(2)35-25-14)36(31,32)27-11-10-26(13-18(27)20(28)23-9-12-33-3)22(30)24-17-7-5-16(6-8-17)21(29)34-4/h5-8,18H,9-13H2,1-4H3,(H,23,28)(H,24,30). The first-order chi connectivity index (χ1) is 17.1. The van der Waals surface area contributed by atoms with E-state index in [0.29, 0.717) is 11.3 Å². The van der Waals surface area contributed by atoms with Crippen LogP contribution in [0.3, 0.4) is 0 Å². The summed E-state index contributed by atoms with van der Waals surface area (Å²) in [5.41, 5.74) is 0.919. The van der Waals surface area contributed by atoms with Gasteiger partial charge in [0, 0.05) is 39.0 Å². The van der Waals surface area contributed by atoms with Gasteiger partial charge >= 0.3 is 12.0 Å². The van der Waals surface area contributed by atoms with Crippen molar-refractivity contribution in [3.8, 4) is 0 Å². The number of hydrogen-bond donors (Lipinski definition) is 2. The van der Waals surface area contributed by atoms with Gasteiger partial charge in [-0.1, -0.05) is 5.16 Å². The quantitative estimate of drug-likeness (QED) is 0.376. The number of anilines is 1. The molecule has 1 aromatic heterocycles. The van der Waals surface area contributed by atoms with Gasteiger partial charge < -0.3 is 29.5 Å². The second kappa shape index (κ2) is 11.5. The highest BCUT2D eigenvalue weighted by atomic mass is 32.2. The van der Waals surface area contributed by atoms with Crippen LogP contribution in [-0.2, 0) is 24.3 Å². The zero-order valence-corrected chi connectivity index (χ0v) is 21.3. The third-order valence-electron chi connectivity index (χ3n) is 5.62. The third-order valence-corrected chi connectivity index (χ3v) is 7.77. The third kappa shape index (κ3) is 5.83. The molecule has 0 radical (unpaired) electrons. The Hall–Kier alpha value is -3.49. The predicted octanol–water partition coefficient (Wildman–Crippen LogP) is 0.748. The van der Waals surface area contributed by atoms with Crippen molar-refractivity contribution in [1.29, 1.82) is 0 Å². The van der Waals surface area contributed by atoms with Gasteiger partial charge in [-0.25, -0.2) is 18.0 Å². The summed E-state index contributed by atoms with van der Waals surface area (Å²) >= 11 is 0. The molecular weight excluding hydrogens is 494 g/mol. The maximum absolute atomic E-state index is 13.5. The van der Waals surface area contributed by atoms with Crippen molar-refractivity contribution in [3.05, 3.63) is 41.3 Å². The molecule has 3 rings (SSSR count). The van der Waals surface area contributed by atoms with Gasteiger partial charge in [0.1, 0.15) is 16.6 Å². The van der Waals surface area contributed by atoms with E-state index in [4.69, 9.17) is 9.26 Å². The normalized spacial score (nSPS) is 16.4. The van der Waals surface area contributed by atoms with Gasteiger partial charge in [-0.2, -0.15) is 4.31 Å². The number of carbonyl (C=O) groups excluding carboxylic acids is 3. The van der Waals surface area contributed by atoms with Crippen LogP contribution in [-0.4, -0.2) is 93.7 Å². The number of amides is 3. The average Bonchev–Trinajstić information content (AvgIpc) is 3.22. The van der Waals surface area contributed by atoms with E-state index < -0.39 is 34.0 Å². The number of piperazine rings is 1. The van der Waals surface area contributed by atoms with Gasteiger partial charge in [0.25, 0.3) is 0 Å². The number of nitrogens with zero attached hydrogens (tertiary/aromatic N) is 3. The Morgan fingerprint density at radius 3 is 2.42 bits per heavy atom. The number of aryl methyl sites for hydroxylation is 2. The van der Waals surface area contributed by atoms with E-state index in [-0.39, 0.29) is 49.1 Å². The number of esters is 1. The number of carbonyl (C=O) groups is 3. The van der Waals surface area contributed by atoms with Crippen LogP contribution in [0.4, 0.5) is 10.5 Å². The molecule has 2 heterocycles. The summed E-state index contributed by atoms with van der Waals surface area (Å²) in [6.07, 6.45) is 0. The fourth-order valence-corrected chi connectivity index (χ4v) is 5.68. The van der Waals surface area contributed by atoms with E-state index in [1.807, 2.05) is 0 Å². The Kier molecular flexibility index (Phi) is 8.66. The first-order valence-corrected chi connectivity index (χ1v) is 12.5. The largest absolute Gasteiger partial charge is 0.465 e. The molecule has 0 spiro atoms. The zero-order valence-electron chi connectivity index (χ0n) is 20.4. The van der Waals surface area contributed by atoms with Crippen LogP contribution in [0.2, 0.25) is 0 Å². The number of urea groups is 1. The lowest BCUT2D eigenvalue weighted by atomic mass is 10.2. The Morgan fingerprint density at radius 2 is 1.83 bits per heavy atom. The minimum absolute atomic E-state index is 0.0382. The highest BCUT2D eigenvalue weighted by Gasteiger charge is 2.43. The zero-order chi connectivity index (χ0) is 26.5. The summed E-state index contributed by atoms with van der Waals surface area (Å²) in [7, 11) is -1.40. The molecule has 1 atom stereocenters. The van der Waals surface area contributed by atoms with E-state index in [2.05, 4.69) is 20.5 Å². The molecule has 0 saturated carbocycles. The molecule has 36 heavy (non-hydrogen) atoms. The molecule has 2 aromatic rings. The first-order valence-electron chi connectivity index (χ1n) is 11.1. The smallest absolute Gasteiger partial charge is 0.337 e.